The summed E-state index contributed by atoms with van der Waals surface area (Å²) in [6.45, 7) is 1.82. The van der Waals surface area contributed by atoms with Crippen LogP contribution in [0.15, 0.2) is 35.0 Å². The molecule has 0 N–H and O–H groups in total. The van der Waals surface area contributed by atoms with Crippen molar-refractivity contribution in [2.75, 3.05) is 13.1 Å². The lowest BCUT2D eigenvalue weighted by atomic mass is 9.95. The number of thiophene rings is 2. The van der Waals surface area contributed by atoms with Crippen LogP contribution in [0.3, 0.4) is 0 Å². The summed E-state index contributed by atoms with van der Waals surface area (Å²) in [5, 5.41) is 4.18. The molecule has 100 valence electrons. The van der Waals surface area contributed by atoms with Crippen molar-refractivity contribution in [3.63, 3.8) is 0 Å². The van der Waals surface area contributed by atoms with Crippen molar-refractivity contribution in [3.05, 3.63) is 44.8 Å². The molecule has 1 fully saturated rings. The summed E-state index contributed by atoms with van der Waals surface area (Å²) < 4.78 is 0. The molecule has 4 heteroatoms. The minimum absolute atomic E-state index is 0.284. The fourth-order valence-corrected chi connectivity index (χ4v) is 4.21. The van der Waals surface area contributed by atoms with Crippen molar-refractivity contribution in [3.8, 4) is 0 Å². The standard InChI is InChI=1S/C15H17NOS2/c17-15(11-13-3-1-9-18-13)16-7-5-12(6-8-16)14-4-2-10-19-14/h1-4,9-10,12H,5-8,11H2. The first kappa shape index (κ1) is 12.9. The minimum Gasteiger partial charge on any atom is -0.342 e. The lowest BCUT2D eigenvalue weighted by Crippen LogP contribution is -2.38. The molecule has 0 saturated carbocycles. The quantitative estimate of drug-likeness (QED) is 0.843. The largest absolute Gasteiger partial charge is 0.342 e. The summed E-state index contributed by atoms with van der Waals surface area (Å²) in [7, 11) is 0. The first-order valence-electron chi connectivity index (χ1n) is 6.66. The van der Waals surface area contributed by atoms with Crippen LogP contribution in [0.25, 0.3) is 0 Å². The van der Waals surface area contributed by atoms with E-state index in [0.717, 1.165) is 25.9 Å². The number of carbonyl (C=O) groups excluding carboxylic acids is 1. The van der Waals surface area contributed by atoms with Gasteiger partial charge in [-0.2, -0.15) is 0 Å². The molecule has 0 radical (unpaired) electrons. The van der Waals surface area contributed by atoms with Crippen LogP contribution >= 0.6 is 22.7 Å². The molecule has 19 heavy (non-hydrogen) atoms. The van der Waals surface area contributed by atoms with Crippen LogP contribution in [-0.2, 0) is 11.2 Å². The molecule has 1 amide bonds. The second-order valence-corrected chi connectivity index (χ2v) is 6.94. The molecule has 2 aromatic rings. The van der Waals surface area contributed by atoms with Crippen molar-refractivity contribution in [1.82, 2.24) is 4.90 Å². The van der Waals surface area contributed by atoms with Crippen LogP contribution in [0.5, 0.6) is 0 Å². The highest BCUT2D eigenvalue weighted by atomic mass is 32.1. The van der Waals surface area contributed by atoms with E-state index in [9.17, 15) is 4.79 Å². The Kier molecular flexibility index (Phi) is 3.99. The van der Waals surface area contributed by atoms with E-state index >= 15 is 0 Å². The van der Waals surface area contributed by atoms with E-state index in [1.165, 1.54) is 9.75 Å². The molecule has 0 unspecified atom stereocenters. The van der Waals surface area contributed by atoms with E-state index in [-0.39, 0.29) is 5.91 Å². The summed E-state index contributed by atoms with van der Waals surface area (Å²) in [6, 6.07) is 8.39. The average Bonchev–Trinajstić information content (AvgIpc) is 3.12. The van der Waals surface area contributed by atoms with Gasteiger partial charge in [-0.3, -0.25) is 4.79 Å². The van der Waals surface area contributed by atoms with Gasteiger partial charge in [0.1, 0.15) is 0 Å². The van der Waals surface area contributed by atoms with E-state index in [0.29, 0.717) is 12.3 Å². The molecule has 1 aliphatic rings. The lowest BCUT2D eigenvalue weighted by Gasteiger charge is -2.31. The zero-order valence-electron chi connectivity index (χ0n) is 10.7. The van der Waals surface area contributed by atoms with Gasteiger partial charge in [0, 0.05) is 22.8 Å². The molecule has 2 aromatic heterocycles. The van der Waals surface area contributed by atoms with Gasteiger partial charge in [0.05, 0.1) is 6.42 Å². The maximum absolute atomic E-state index is 12.2. The number of likely N-dealkylation sites (tertiary alicyclic amines) is 1. The summed E-state index contributed by atoms with van der Waals surface area (Å²) in [5.74, 6) is 0.942. The van der Waals surface area contributed by atoms with Gasteiger partial charge in [0.2, 0.25) is 5.91 Å². The van der Waals surface area contributed by atoms with Crippen molar-refractivity contribution in [1.29, 1.82) is 0 Å². The Morgan fingerprint density at radius 1 is 1.16 bits per heavy atom. The smallest absolute Gasteiger partial charge is 0.227 e. The second kappa shape index (κ2) is 5.88. The van der Waals surface area contributed by atoms with Gasteiger partial charge in [-0.15, -0.1) is 22.7 Å². The minimum atomic E-state index is 0.284. The van der Waals surface area contributed by atoms with E-state index in [1.54, 1.807) is 11.3 Å². The molecule has 0 aromatic carbocycles. The average molecular weight is 291 g/mol. The van der Waals surface area contributed by atoms with Gasteiger partial charge in [-0.25, -0.2) is 0 Å². The first-order chi connectivity index (χ1) is 9.33. The van der Waals surface area contributed by atoms with Gasteiger partial charge in [-0.05, 0) is 41.7 Å². The lowest BCUT2D eigenvalue weighted by molar-refractivity contribution is -0.131. The number of hydrogen-bond acceptors (Lipinski definition) is 3. The zero-order valence-corrected chi connectivity index (χ0v) is 12.4. The Morgan fingerprint density at radius 3 is 2.53 bits per heavy atom. The Balaban J connectivity index is 1.54. The number of rotatable bonds is 3. The van der Waals surface area contributed by atoms with Crippen LogP contribution in [0, 0.1) is 0 Å². The van der Waals surface area contributed by atoms with Crippen LogP contribution in [0.4, 0.5) is 0 Å². The molecule has 3 heterocycles. The van der Waals surface area contributed by atoms with Crippen LogP contribution < -0.4 is 0 Å². The highest BCUT2D eigenvalue weighted by molar-refractivity contribution is 7.10. The Morgan fingerprint density at radius 2 is 1.89 bits per heavy atom. The predicted molar refractivity (Wildman–Crippen MR) is 80.9 cm³/mol. The van der Waals surface area contributed by atoms with E-state index < -0.39 is 0 Å². The van der Waals surface area contributed by atoms with Crippen molar-refractivity contribution in [2.45, 2.75) is 25.2 Å². The topological polar surface area (TPSA) is 20.3 Å². The van der Waals surface area contributed by atoms with Gasteiger partial charge < -0.3 is 4.90 Å². The second-order valence-electron chi connectivity index (χ2n) is 4.93. The Labute approximate surface area is 121 Å². The fraction of sp³-hybridized carbons (Fsp3) is 0.400. The normalized spacial score (nSPS) is 16.7. The molecular weight excluding hydrogens is 274 g/mol. The molecule has 1 saturated heterocycles. The van der Waals surface area contributed by atoms with E-state index in [2.05, 4.69) is 17.5 Å². The van der Waals surface area contributed by atoms with Crippen LogP contribution in [0.2, 0.25) is 0 Å². The molecule has 0 spiro atoms. The summed E-state index contributed by atoms with van der Waals surface area (Å²) in [4.78, 5) is 16.9. The van der Waals surface area contributed by atoms with E-state index in [1.807, 2.05) is 33.7 Å². The van der Waals surface area contributed by atoms with E-state index in [4.69, 9.17) is 0 Å². The van der Waals surface area contributed by atoms with Crippen molar-refractivity contribution < 1.29 is 4.79 Å². The molecule has 0 atom stereocenters. The first-order valence-corrected chi connectivity index (χ1v) is 8.42. The third-order valence-electron chi connectivity index (χ3n) is 3.70. The molecule has 1 aliphatic heterocycles. The zero-order chi connectivity index (χ0) is 13.1. The third kappa shape index (κ3) is 3.07. The monoisotopic (exact) mass is 291 g/mol. The Bertz CT molecular complexity index is 510. The summed E-state index contributed by atoms with van der Waals surface area (Å²) >= 11 is 3.51. The van der Waals surface area contributed by atoms with Gasteiger partial charge in [0.15, 0.2) is 0 Å². The maximum atomic E-state index is 12.2. The van der Waals surface area contributed by atoms with Gasteiger partial charge in [0.25, 0.3) is 0 Å². The summed E-state index contributed by atoms with van der Waals surface area (Å²) in [5.41, 5.74) is 0. The number of carbonyl (C=O) groups is 1. The molecule has 0 bridgehead atoms. The highest BCUT2D eigenvalue weighted by Crippen LogP contribution is 2.31. The van der Waals surface area contributed by atoms with Gasteiger partial charge >= 0.3 is 0 Å². The number of nitrogens with zero attached hydrogens (tertiary/aromatic N) is 1. The Hall–Kier alpha value is -1.13. The number of amides is 1. The molecule has 3 rings (SSSR count). The maximum Gasteiger partial charge on any atom is 0.227 e. The van der Waals surface area contributed by atoms with Crippen molar-refractivity contribution in [2.24, 2.45) is 0 Å². The van der Waals surface area contributed by atoms with Crippen LogP contribution in [-0.4, -0.2) is 23.9 Å². The number of hydrogen-bond donors (Lipinski definition) is 0. The molecular formula is C15H17NOS2. The van der Waals surface area contributed by atoms with Gasteiger partial charge in [-0.1, -0.05) is 12.1 Å². The fourth-order valence-electron chi connectivity index (χ4n) is 2.61. The van der Waals surface area contributed by atoms with Crippen molar-refractivity contribution >= 4 is 28.6 Å². The predicted octanol–water partition coefficient (Wildman–Crippen LogP) is 3.76. The summed E-state index contributed by atoms with van der Waals surface area (Å²) in [6.07, 6.45) is 2.79. The SMILES string of the molecule is O=C(Cc1cccs1)N1CCC(c2cccs2)CC1. The highest BCUT2D eigenvalue weighted by Gasteiger charge is 2.24. The third-order valence-corrected chi connectivity index (χ3v) is 5.61. The molecule has 2 nitrogen and oxygen atoms in total. The molecule has 0 aliphatic carbocycles. The number of piperidine rings is 1. The van der Waals surface area contributed by atoms with Crippen LogP contribution in [0.1, 0.15) is 28.5 Å².